The van der Waals surface area contributed by atoms with Crippen molar-refractivity contribution in [3.63, 3.8) is 0 Å². The second-order valence-corrected chi connectivity index (χ2v) is 10.0. The number of nitrogens with zero attached hydrogens (tertiary/aromatic N) is 5. The van der Waals surface area contributed by atoms with Crippen LogP contribution in [0, 0.1) is 6.92 Å². The maximum atomic E-state index is 13.9. The van der Waals surface area contributed by atoms with Crippen molar-refractivity contribution in [1.29, 1.82) is 0 Å². The first-order valence-electron chi connectivity index (χ1n) is 13.1. The minimum Gasteiger partial charge on any atom is -0.381 e. The SMILES string of the molecule is CCN1CCN(C(=O)c2cc3c(cc2C)[nH]c(=O)c2cnn(C4CCOCC4)c23)CC1c1cccnc1. The van der Waals surface area contributed by atoms with Crippen LogP contribution in [0.15, 0.2) is 47.7 Å². The lowest BCUT2D eigenvalue weighted by atomic mass is 10.00. The number of piperazine rings is 1. The quantitative estimate of drug-likeness (QED) is 0.461. The Bertz CT molecular complexity index is 1510. The summed E-state index contributed by atoms with van der Waals surface area (Å²) in [7, 11) is 0. The van der Waals surface area contributed by atoms with Crippen molar-refractivity contribution >= 4 is 27.7 Å². The predicted molar refractivity (Wildman–Crippen MR) is 142 cm³/mol. The Kier molecular flexibility index (Phi) is 6.26. The lowest BCUT2D eigenvalue weighted by Gasteiger charge is -2.41. The van der Waals surface area contributed by atoms with Crippen molar-refractivity contribution in [3.8, 4) is 0 Å². The summed E-state index contributed by atoms with van der Waals surface area (Å²) in [6, 6.07) is 8.18. The van der Waals surface area contributed by atoms with Crippen LogP contribution in [0.5, 0.6) is 0 Å². The number of amides is 1. The monoisotopic (exact) mass is 500 g/mol. The molecule has 0 spiro atoms. The fourth-order valence-corrected chi connectivity index (χ4v) is 5.87. The van der Waals surface area contributed by atoms with Crippen LogP contribution < -0.4 is 5.56 Å². The Labute approximate surface area is 215 Å². The average molecular weight is 501 g/mol. The molecule has 0 saturated carbocycles. The molecule has 1 amide bonds. The van der Waals surface area contributed by atoms with Crippen LogP contribution >= 0.6 is 0 Å². The van der Waals surface area contributed by atoms with Gasteiger partial charge in [-0.2, -0.15) is 5.10 Å². The normalized spacial score (nSPS) is 19.6. The Balaban J connectivity index is 1.41. The van der Waals surface area contributed by atoms with E-state index in [0.717, 1.165) is 53.5 Å². The molecule has 6 rings (SSSR count). The van der Waals surface area contributed by atoms with E-state index in [2.05, 4.69) is 33.0 Å². The number of carbonyl (C=O) groups is 1. The van der Waals surface area contributed by atoms with Gasteiger partial charge in [0.05, 0.1) is 34.7 Å². The molecule has 37 heavy (non-hydrogen) atoms. The van der Waals surface area contributed by atoms with E-state index in [-0.39, 0.29) is 23.6 Å². The third-order valence-electron chi connectivity index (χ3n) is 7.93. The number of carbonyl (C=O) groups excluding carboxylic acids is 1. The summed E-state index contributed by atoms with van der Waals surface area (Å²) in [6.07, 6.45) is 7.01. The van der Waals surface area contributed by atoms with Crippen molar-refractivity contribution in [1.82, 2.24) is 29.5 Å². The highest BCUT2D eigenvalue weighted by Gasteiger charge is 2.31. The Morgan fingerprint density at radius 2 is 2.00 bits per heavy atom. The second kappa shape index (κ2) is 9.72. The van der Waals surface area contributed by atoms with E-state index in [1.165, 1.54) is 0 Å². The highest BCUT2D eigenvalue weighted by atomic mass is 16.5. The maximum Gasteiger partial charge on any atom is 0.259 e. The molecule has 1 N–H and O–H groups in total. The summed E-state index contributed by atoms with van der Waals surface area (Å²) < 4.78 is 7.51. The van der Waals surface area contributed by atoms with Gasteiger partial charge in [0, 0.05) is 56.2 Å². The third-order valence-corrected chi connectivity index (χ3v) is 7.93. The molecule has 2 saturated heterocycles. The fourth-order valence-electron chi connectivity index (χ4n) is 5.87. The molecule has 2 aliphatic rings. The molecule has 1 unspecified atom stereocenters. The first-order valence-corrected chi connectivity index (χ1v) is 13.1. The number of aryl methyl sites for hydroxylation is 1. The van der Waals surface area contributed by atoms with Crippen LogP contribution in [-0.2, 0) is 4.74 Å². The number of likely N-dealkylation sites (N-methyl/N-ethyl adjacent to an activating group) is 1. The molecule has 2 fully saturated rings. The number of nitrogens with one attached hydrogen (secondary N) is 1. The van der Waals surface area contributed by atoms with Gasteiger partial charge in [-0.15, -0.1) is 0 Å². The zero-order valence-corrected chi connectivity index (χ0v) is 21.3. The molecular formula is C28H32N6O3. The lowest BCUT2D eigenvalue weighted by molar-refractivity contribution is 0.0493. The van der Waals surface area contributed by atoms with Crippen molar-refractivity contribution in [2.24, 2.45) is 0 Å². The molecule has 2 aliphatic heterocycles. The van der Waals surface area contributed by atoms with Crippen molar-refractivity contribution in [3.05, 3.63) is 69.9 Å². The Morgan fingerprint density at radius 1 is 1.16 bits per heavy atom. The van der Waals surface area contributed by atoms with Crippen molar-refractivity contribution < 1.29 is 9.53 Å². The lowest BCUT2D eigenvalue weighted by Crippen LogP contribution is -2.50. The topological polar surface area (TPSA) is 96.4 Å². The van der Waals surface area contributed by atoms with Crippen LogP contribution in [0.3, 0.4) is 0 Å². The van der Waals surface area contributed by atoms with E-state index in [1.807, 2.05) is 40.9 Å². The molecule has 4 aromatic rings. The van der Waals surface area contributed by atoms with Gasteiger partial charge < -0.3 is 14.6 Å². The van der Waals surface area contributed by atoms with Gasteiger partial charge >= 0.3 is 0 Å². The van der Waals surface area contributed by atoms with Crippen molar-refractivity contribution in [2.45, 2.75) is 38.8 Å². The molecule has 1 aromatic carbocycles. The number of pyridine rings is 2. The number of rotatable bonds is 4. The first-order chi connectivity index (χ1) is 18.0. The molecule has 9 heteroatoms. The number of fused-ring (bicyclic) bond motifs is 3. The third kappa shape index (κ3) is 4.22. The van der Waals surface area contributed by atoms with E-state index in [4.69, 9.17) is 4.74 Å². The molecule has 1 atom stereocenters. The second-order valence-electron chi connectivity index (χ2n) is 10.0. The summed E-state index contributed by atoms with van der Waals surface area (Å²) in [5.41, 5.74) is 4.00. The van der Waals surface area contributed by atoms with Gasteiger partial charge in [-0.25, -0.2) is 0 Å². The van der Waals surface area contributed by atoms with E-state index in [1.54, 1.807) is 12.4 Å². The average Bonchev–Trinajstić information content (AvgIpc) is 3.39. The molecule has 192 valence electrons. The van der Waals surface area contributed by atoms with Gasteiger partial charge in [0.15, 0.2) is 0 Å². The molecule has 0 radical (unpaired) electrons. The standard InChI is InChI=1S/C28H32N6O3/c1-3-32-9-10-33(17-25(32)19-5-4-8-29-15-19)28(36)21-14-22-24(13-18(21)2)31-27(35)23-16-30-34(26(22)23)20-6-11-37-12-7-20/h4-5,8,13-16,20,25H,3,6-7,9-12,17H2,1-2H3,(H,31,35). The highest BCUT2D eigenvalue weighted by Crippen LogP contribution is 2.31. The van der Waals surface area contributed by atoms with Crippen LogP contribution in [0.2, 0.25) is 0 Å². The number of aromatic nitrogens is 4. The highest BCUT2D eigenvalue weighted by molar-refractivity contribution is 6.07. The van der Waals surface area contributed by atoms with Gasteiger partial charge in [0.25, 0.3) is 11.5 Å². The number of H-pyrrole nitrogens is 1. The molecular weight excluding hydrogens is 468 g/mol. The Hall–Kier alpha value is -3.56. The molecule has 9 nitrogen and oxygen atoms in total. The Morgan fingerprint density at radius 3 is 2.76 bits per heavy atom. The predicted octanol–water partition coefficient (Wildman–Crippen LogP) is 3.45. The molecule has 0 bridgehead atoms. The van der Waals surface area contributed by atoms with Crippen molar-refractivity contribution in [2.75, 3.05) is 39.4 Å². The summed E-state index contributed by atoms with van der Waals surface area (Å²) in [6.45, 7) is 8.45. The van der Waals surface area contributed by atoms with Crippen LogP contribution in [0.1, 0.15) is 53.3 Å². The summed E-state index contributed by atoms with van der Waals surface area (Å²) in [5.74, 6) is 0.0144. The van der Waals surface area contributed by atoms with Crippen LogP contribution in [0.4, 0.5) is 0 Å². The van der Waals surface area contributed by atoms with Gasteiger partial charge in [0.2, 0.25) is 0 Å². The minimum atomic E-state index is -0.158. The molecule has 3 aromatic heterocycles. The smallest absolute Gasteiger partial charge is 0.259 e. The number of hydrogen-bond donors (Lipinski definition) is 1. The summed E-state index contributed by atoms with van der Waals surface area (Å²) in [4.78, 5) is 38.5. The molecule has 0 aliphatic carbocycles. The number of benzene rings is 1. The van der Waals surface area contributed by atoms with E-state index < -0.39 is 0 Å². The van der Waals surface area contributed by atoms with Crippen LogP contribution in [0.25, 0.3) is 21.8 Å². The zero-order chi connectivity index (χ0) is 25.5. The van der Waals surface area contributed by atoms with Gasteiger partial charge in [0.1, 0.15) is 0 Å². The van der Waals surface area contributed by atoms with Gasteiger partial charge in [-0.05, 0) is 55.6 Å². The minimum absolute atomic E-state index is 0.0144. The van der Waals surface area contributed by atoms with Gasteiger partial charge in [-0.1, -0.05) is 13.0 Å². The summed E-state index contributed by atoms with van der Waals surface area (Å²) >= 11 is 0. The number of ether oxygens (including phenoxy) is 1. The first kappa shape index (κ1) is 23.8. The van der Waals surface area contributed by atoms with E-state index >= 15 is 0 Å². The zero-order valence-electron chi connectivity index (χ0n) is 21.3. The largest absolute Gasteiger partial charge is 0.381 e. The summed E-state index contributed by atoms with van der Waals surface area (Å²) in [5, 5.41) is 6.01. The van der Waals surface area contributed by atoms with Crippen LogP contribution in [-0.4, -0.2) is 74.8 Å². The number of aromatic amines is 1. The van der Waals surface area contributed by atoms with E-state index in [9.17, 15) is 9.59 Å². The maximum absolute atomic E-state index is 13.9. The molecule has 5 heterocycles. The van der Waals surface area contributed by atoms with E-state index in [0.29, 0.717) is 37.3 Å². The number of hydrogen-bond acceptors (Lipinski definition) is 6. The fraction of sp³-hybridized carbons (Fsp3) is 0.429. The van der Waals surface area contributed by atoms with Gasteiger partial charge in [-0.3, -0.25) is 24.2 Å².